The summed E-state index contributed by atoms with van der Waals surface area (Å²) in [5.74, 6) is 0. The molecule has 0 fully saturated rings. The molecule has 0 aliphatic heterocycles. The van der Waals surface area contributed by atoms with E-state index in [-0.39, 0.29) is 4.83 Å². The number of hydroxylamine groups is 1. The normalized spacial score (nSPS) is 13.8. The Hall–Kier alpha value is -0.900. The van der Waals surface area contributed by atoms with Crippen molar-refractivity contribution < 1.29 is 4.86 Å². The Morgan fingerprint density at radius 1 is 1.38 bits per heavy atom. The van der Waals surface area contributed by atoms with Crippen molar-refractivity contribution in [2.24, 2.45) is 5.11 Å². The van der Waals surface area contributed by atoms with E-state index < -0.39 is 0 Å². The first-order valence-corrected chi connectivity index (χ1v) is 6.49. The molecule has 1 rings (SSSR count). The molecule has 0 aromatic heterocycles. The summed E-state index contributed by atoms with van der Waals surface area (Å²) in [6, 6.07) is 9.29. The van der Waals surface area contributed by atoms with Crippen LogP contribution in [0.25, 0.3) is 0 Å². The van der Waals surface area contributed by atoms with Gasteiger partial charge in [0.05, 0.1) is 4.83 Å². The molecule has 0 N–H and O–H groups in total. The third-order valence-corrected chi connectivity index (χ3v) is 2.96. The van der Waals surface area contributed by atoms with Crippen molar-refractivity contribution in [3.05, 3.63) is 35.5 Å². The summed E-state index contributed by atoms with van der Waals surface area (Å²) in [6.07, 6.45) is 3.30. The fourth-order valence-corrected chi connectivity index (χ4v) is 1.92. The van der Waals surface area contributed by atoms with Crippen molar-refractivity contribution in [2.75, 3.05) is 6.54 Å². The van der Waals surface area contributed by atoms with E-state index in [1.165, 1.54) is 0 Å². The maximum absolute atomic E-state index is 11.5. The molecule has 0 radical (unpaired) electrons. The van der Waals surface area contributed by atoms with Crippen LogP contribution in [0.2, 0.25) is 0 Å². The Balaban J connectivity index is 2.45. The molecule has 1 aromatic carbocycles. The Morgan fingerprint density at radius 3 is 2.69 bits per heavy atom. The first-order valence-electron chi connectivity index (χ1n) is 5.57. The summed E-state index contributed by atoms with van der Waals surface area (Å²) in [5.41, 5.74) is 0.702. The maximum Gasteiger partial charge on any atom is 0.193 e. The molecule has 0 bridgehead atoms. The van der Waals surface area contributed by atoms with Crippen LogP contribution in [0.3, 0.4) is 0 Å². The van der Waals surface area contributed by atoms with Crippen molar-refractivity contribution in [1.82, 2.24) is 0 Å². The molecule has 0 saturated heterocycles. The number of azo groups is 1. The van der Waals surface area contributed by atoms with E-state index >= 15 is 0 Å². The fraction of sp³-hybridized carbons (Fsp3) is 0.500. The lowest BCUT2D eigenvalue weighted by Gasteiger charge is -2.06. The number of hydrogen-bond acceptors (Lipinski definition) is 2. The van der Waals surface area contributed by atoms with Gasteiger partial charge in [0.1, 0.15) is 5.69 Å². The first-order chi connectivity index (χ1) is 7.72. The highest BCUT2D eigenvalue weighted by molar-refractivity contribution is 9.09. The van der Waals surface area contributed by atoms with Gasteiger partial charge in [0.25, 0.3) is 0 Å². The molecule has 1 atom stereocenters. The zero-order chi connectivity index (χ0) is 11.8. The van der Waals surface area contributed by atoms with Gasteiger partial charge in [0, 0.05) is 5.11 Å². The van der Waals surface area contributed by atoms with Gasteiger partial charge in [-0.25, -0.2) is 0 Å². The monoisotopic (exact) mass is 284 g/mol. The summed E-state index contributed by atoms with van der Waals surface area (Å²) in [5, 5.41) is 15.5. The average Bonchev–Trinajstić information content (AvgIpc) is 2.27. The first kappa shape index (κ1) is 13.2. The van der Waals surface area contributed by atoms with Gasteiger partial charge >= 0.3 is 0 Å². The van der Waals surface area contributed by atoms with E-state index in [1.807, 2.05) is 30.3 Å². The Kier molecular flexibility index (Phi) is 6.08. The van der Waals surface area contributed by atoms with E-state index in [4.69, 9.17) is 0 Å². The smallest absolute Gasteiger partial charge is 0.193 e. The molecule has 3 nitrogen and oxygen atoms in total. The van der Waals surface area contributed by atoms with E-state index in [1.54, 1.807) is 0 Å². The minimum atomic E-state index is 0.220. The molecule has 16 heavy (non-hydrogen) atoms. The summed E-state index contributed by atoms with van der Waals surface area (Å²) in [7, 11) is 0. The second kappa shape index (κ2) is 7.39. The lowest BCUT2D eigenvalue weighted by molar-refractivity contribution is -0.523. The van der Waals surface area contributed by atoms with Gasteiger partial charge in [-0.3, -0.25) is 0 Å². The van der Waals surface area contributed by atoms with Crippen LogP contribution >= 0.6 is 15.9 Å². The highest BCUT2D eigenvalue weighted by Crippen LogP contribution is 2.13. The van der Waals surface area contributed by atoms with Crippen molar-refractivity contribution in [2.45, 2.75) is 31.0 Å². The third-order valence-electron chi connectivity index (χ3n) is 2.21. The minimum Gasteiger partial charge on any atom is -0.600 e. The highest BCUT2D eigenvalue weighted by Gasteiger charge is 2.09. The summed E-state index contributed by atoms with van der Waals surface area (Å²) < 4.78 is 0. The molecule has 0 spiro atoms. The minimum absolute atomic E-state index is 0.220. The SMILES string of the molecule is CCCCC(Br)C[N+]([O-])=Nc1ccccc1. The molecule has 0 saturated carbocycles. The summed E-state index contributed by atoms with van der Waals surface area (Å²) in [6.45, 7) is 2.54. The number of rotatable bonds is 6. The molecule has 1 aromatic rings. The Morgan fingerprint density at radius 2 is 2.06 bits per heavy atom. The molecule has 0 heterocycles. The largest absolute Gasteiger partial charge is 0.600 e. The highest BCUT2D eigenvalue weighted by atomic mass is 79.9. The summed E-state index contributed by atoms with van der Waals surface area (Å²) in [4.78, 5) is 0.974. The van der Waals surface area contributed by atoms with E-state index in [0.29, 0.717) is 12.2 Å². The number of unbranched alkanes of at least 4 members (excludes halogenated alkanes) is 1. The molecule has 0 aliphatic rings. The van der Waals surface area contributed by atoms with Crippen LogP contribution in [-0.2, 0) is 0 Å². The second-order valence-corrected chi connectivity index (χ2v) is 5.00. The number of alkyl halides is 1. The average molecular weight is 285 g/mol. The zero-order valence-corrected chi connectivity index (χ0v) is 11.1. The van der Waals surface area contributed by atoms with Gasteiger partial charge in [-0.05, 0) is 18.6 Å². The molecular weight excluding hydrogens is 268 g/mol. The van der Waals surface area contributed by atoms with E-state index in [2.05, 4.69) is 28.0 Å². The van der Waals surface area contributed by atoms with Crippen molar-refractivity contribution >= 4 is 21.6 Å². The standard InChI is InChI=1S/C12H17BrN2O/c1-2-3-7-11(13)10-15(16)14-12-8-5-4-6-9-12/h4-6,8-9,11H,2-3,7,10H2,1H3. The van der Waals surface area contributed by atoms with Crippen LogP contribution < -0.4 is 0 Å². The summed E-state index contributed by atoms with van der Waals surface area (Å²) >= 11 is 3.49. The topological polar surface area (TPSA) is 38.4 Å². The second-order valence-electron chi connectivity index (χ2n) is 3.71. The zero-order valence-electron chi connectivity index (χ0n) is 9.47. The fourth-order valence-electron chi connectivity index (χ4n) is 1.35. The van der Waals surface area contributed by atoms with Crippen LogP contribution in [0.15, 0.2) is 35.4 Å². The number of benzene rings is 1. The maximum atomic E-state index is 11.5. The molecule has 1 unspecified atom stereocenters. The van der Waals surface area contributed by atoms with Crippen LogP contribution in [-0.4, -0.2) is 16.2 Å². The molecule has 0 amide bonds. The van der Waals surface area contributed by atoms with Gasteiger partial charge in [-0.15, -0.1) is 0 Å². The molecule has 88 valence electrons. The quantitative estimate of drug-likeness (QED) is 0.333. The lowest BCUT2D eigenvalue weighted by Crippen LogP contribution is -2.14. The molecule has 4 heteroatoms. The number of halogens is 1. The van der Waals surface area contributed by atoms with Gasteiger partial charge in [-0.2, -0.15) is 0 Å². The molecular formula is C12H17BrN2O. The van der Waals surface area contributed by atoms with Gasteiger partial charge in [0.2, 0.25) is 0 Å². The Bertz CT molecular complexity index is 327. The van der Waals surface area contributed by atoms with Gasteiger partial charge < -0.3 is 5.21 Å². The lowest BCUT2D eigenvalue weighted by atomic mass is 10.2. The van der Waals surface area contributed by atoms with Crippen molar-refractivity contribution in [3.63, 3.8) is 0 Å². The van der Waals surface area contributed by atoms with Crippen LogP contribution in [0.1, 0.15) is 26.2 Å². The number of hydrogen-bond donors (Lipinski definition) is 0. The predicted octanol–water partition coefficient (Wildman–Crippen LogP) is 4.23. The van der Waals surface area contributed by atoms with Crippen molar-refractivity contribution in [1.29, 1.82) is 0 Å². The van der Waals surface area contributed by atoms with Gasteiger partial charge in [0.15, 0.2) is 6.54 Å². The molecule has 0 aliphatic carbocycles. The van der Waals surface area contributed by atoms with Crippen LogP contribution in [0, 0.1) is 5.21 Å². The predicted molar refractivity (Wildman–Crippen MR) is 69.3 cm³/mol. The number of nitrogens with zero attached hydrogens (tertiary/aromatic N) is 2. The Labute approximate surface area is 105 Å². The van der Waals surface area contributed by atoms with E-state index in [0.717, 1.165) is 24.1 Å². The third kappa shape index (κ3) is 5.26. The van der Waals surface area contributed by atoms with Crippen molar-refractivity contribution in [3.8, 4) is 0 Å². The van der Waals surface area contributed by atoms with E-state index in [9.17, 15) is 5.21 Å². The van der Waals surface area contributed by atoms with Crippen LogP contribution in [0.4, 0.5) is 5.69 Å². The van der Waals surface area contributed by atoms with Crippen LogP contribution in [0.5, 0.6) is 0 Å². The van der Waals surface area contributed by atoms with Gasteiger partial charge in [-0.1, -0.05) is 58.8 Å².